The molecule has 110 valence electrons. The number of fused-ring (bicyclic) bond motifs is 2. The van der Waals surface area contributed by atoms with E-state index in [1.165, 1.54) is 77.5 Å². The van der Waals surface area contributed by atoms with E-state index in [-0.39, 0.29) is 0 Å². The number of nitrogens with zero attached hydrogens (tertiary/aromatic N) is 2. The molecule has 2 bridgehead atoms. The summed E-state index contributed by atoms with van der Waals surface area (Å²) in [5, 5.41) is 3.79. The standard InChI is InChI=1S/C16H31N3/c1-18-15-7-8-16(18)13-19(11-9-15)12-10-17-14-5-3-2-4-6-14/h14-17H,2-13H2,1H3. The Bertz CT molecular complexity index is 275. The molecule has 0 amide bonds. The van der Waals surface area contributed by atoms with Gasteiger partial charge in [0.15, 0.2) is 0 Å². The molecule has 2 heterocycles. The maximum Gasteiger partial charge on any atom is 0.0223 e. The maximum atomic E-state index is 3.79. The summed E-state index contributed by atoms with van der Waals surface area (Å²) in [6, 6.07) is 2.53. The van der Waals surface area contributed by atoms with E-state index in [9.17, 15) is 0 Å². The Kier molecular flexibility index (Phi) is 4.78. The molecule has 2 atom stereocenters. The predicted octanol–water partition coefficient (Wildman–Crippen LogP) is 2.08. The van der Waals surface area contributed by atoms with Crippen LogP contribution in [-0.4, -0.2) is 61.2 Å². The molecule has 0 radical (unpaired) electrons. The van der Waals surface area contributed by atoms with Gasteiger partial charge in [0.1, 0.15) is 0 Å². The van der Waals surface area contributed by atoms with Crippen molar-refractivity contribution in [3.05, 3.63) is 0 Å². The molecule has 19 heavy (non-hydrogen) atoms. The van der Waals surface area contributed by atoms with E-state index in [0.717, 1.165) is 18.1 Å². The minimum Gasteiger partial charge on any atom is -0.313 e. The van der Waals surface area contributed by atoms with Crippen LogP contribution in [0.5, 0.6) is 0 Å². The summed E-state index contributed by atoms with van der Waals surface area (Å²) < 4.78 is 0. The molecular weight excluding hydrogens is 234 g/mol. The van der Waals surface area contributed by atoms with Crippen LogP contribution < -0.4 is 5.32 Å². The minimum absolute atomic E-state index is 0.819. The molecule has 2 saturated heterocycles. The lowest BCUT2D eigenvalue weighted by Crippen LogP contribution is -2.41. The van der Waals surface area contributed by atoms with Gasteiger partial charge in [-0.15, -0.1) is 0 Å². The van der Waals surface area contributed by atoms with Gasteiger partial charge in [0.05, 0.1) is 0 Å². The first-order valence-electron chi connectivity index (χ1n) is 8.50. The zero-order chi connectivity index (χ0) is 13.1. The Hall–Kier alpha value is -0.120. The van der Waals surface area contributed by atoms with Crippen LogP contribution in [0.3, 0.4) is 0 Å². The van der Waals surface area contributed by atoms with Crippen molar-refractivity contribution >= 4 is 0 Å². The molecule has 0 aromatic carbocycles. The molecule has 0 aromatic rings. The molecule has 3 aliphatic rings. The van der Waals surface area contributed by atoms with E-state index in [1.807, 2.05) is 0 Å². The highest BCUT2D eigenvalue weighted by atomic mass is 15.3. The summed E-state index contributed by atoms with van der Waals surface area (Å²) in [6.07, 6.45) is 11.4. The molecule has 1 saturated carbocycles. The van der Waals surface area contributed by atoms with E-state index in [0.29, 0.717) is 0 Å². The Labute approximate surface area is 118 Å². The van der Waals surface area contributed by atoms with Crippen LogP contribution >= 0.6 is 0 Å². The van der Waals surface area contributed by atoms with E-state index in [2.05, 4.69) is 22.2 Å². The monoisotopic (exact) mass is 265 g/mol. The lowest BCUT2D eigenvalue weighted by molar-refractivity contribution is 0.216. The molecule has 3 heteroatoms. The van der Waals surface area contributed by atoms with Crippen molar-refractivity contribution in [2.45, 2.75) is 69.5 Å². The van der Waals surface area contributed by atoms with Crippen molar-refractivity contribution in [2.24, 2.45) is 0 Å². The summed E-state index contributed by atoms with van der Waals surface area (Å²) in [7, 11) is 2.34. The van der Waals surface area contributed by atoms with Gasteiger partial charge in [-0.05, 0) is 45.7 Å². The average molecular weight is 265 g/mol. The second-order valence-corrected chi connectivity index (χ2v) is 6.93. The van der Waals surface area contributed by atoms with Gasteiger partial charge in [-0.2, -0.15) is 0 Å². The van der Waals surface area contributed by atoms with Crippen LogP contribution in [0.25, 0.3) is 0 Å². The Morgan fingerprint density at radius 3 is 2.58 bits per heavy atom. The van der Waals surface area contributed by atoms with Crippen molar-refractivity contribution in [3.63, 3.8) is 0 Å². The van der Waals surface area contributed by atoms with Crippen LogP contribution in [0.1, 0.15) is 51.4 Å². The summed E-state index contributed by atoms with van der Waals surface area (Å²) in [6.45, 7) is 5.08. The third-order valence-corrected chi connectivity index (χ3v) is 5.70. The van der Waals surface area contributed by atoms with E-state index in [4.69, 9.17) is 0 Å². The Morgan fingerprint density at radius 2 is 1.74 bits per heavy atom. The first-order chi connectivity index (χ1) is 9.33. The van der Waals surface area contributed by atoms with Crippen molar-refractivity contribution in [1.29, 1.82) is 0 Å². The number of nitrogens with one attached hydrogen (secondary N) is 1. The zero-order valence-electron chi connectivity index (χ0n) is 12.6. The smallest absolute Gasteiger partial charge is 0.0223 e. The second kappa shape index (κ2) is 6.55. The lowest BCUT2D eigenvalue weighted by Gasteiger charge is -2.28. The van der Waals surface area contributed by atoms with Gasteiger partial charge in [0.25, 0.3) is 0 Å². The van der Waals surface area contributed by atoms with Crippen molar-refractivity contribution < 1.29 is 0 Å². The van der Waals surface area contributed by atoms with Crippen molar-refractivity contribution in [3.8, 4) is 0 Å². The third-order valence-electron chi connectivity index (χ3n) is 5.70. The fourth-order valence-corrected chi connectivity index (χ4v) is 4.32. The minimum atomic E-state index is 0.819. The fraction of sp³-hybridized carbons (Fsp3) is 1.00. The molecule has 3 rings (SSSR count). The van der Waals surface area contributed by atoms with Gasteiger partial charge in [-0.25, -0.2) is 0 Å². The lowest BCUT2D eigenvalue weighted by atomic mass is 9.95. The largest absolute Gasteiger partial charge is 0.313 e. The quantitative estimate of drug-likeness (QED) is 0.839. The van der Waals surface area contributed by atoms with Gasteiger partial charge in [-0.1, -0.05) is 19.3 Å². The summed E-state index contributed by atoms with van der Waals surface area (Å²) in [5.41, 5.74) is 0. The highest BCUT2D eigenvalue weighted by Gasteiger charge is 2.34. The number of rotatable bonds is 4. The summed E-state index contributed by atoms with van der Waals surface area (Å²) >= 11 is 0. The van der Waals surface area contributed by atoms with Crippen LogP contribution in [0, 0.1) is 0 Å². The summed E-state index contributed by atoms with van der Waals surface area (Å²) in [5.74, 6) is 0. The first-order valence-corrected chi connectivity index (χ1v) is 8.50. The fourth-order valence-electron chi connectivity index (χ4n) is 4.32. The Morgan fingerprint density at radius 1 is 0.947 bits per heavy atom. The number of likely N-dealkylation sites (N-methyl/N-ethyl adjacent to an activating group) is 1. The molecule has 3 fully saturated rings. The SMILES string of the molecule is CN1C2CCC1CN(CCNC1CCCCC1)CC2. The van der Waals surface area contributed by atoms with Crippen LogP contribution in [0.2, 0.25) is 0 Å². The van der Waals surface area contributed by atoms with Gasteiger partial charge >= 0.3 is 0 Å². The van der Waals surface area contributed by atoms with Gasteiger partial charge in [0, 0.05) is 37.8 Å². The highest BCUT2D eigenvalue weighted by molar-refractivity contribution is 4.91. The number of likely N-dealkylation sites (tertiary alicyclic amines) is 1. The zero-order valence-corrected chi connectivity index (χ0v) is 12.6. The molecule has 1 N–H and O–H groups in total. The van der Waals surface area contributed by atoms with E-state index in [1.54, 1.807) is 0 Å². The summed E-state index contributed by atoms with van der Waals surface area (Å²) in [4.78, 5) is 5.35. The van der Waals surface area contributed by atoms with Crippen molar-refractivity contribution in [1.82, 2.24) is 15.1 Å². The first kappa shape index (κ1) is 13.8. The van der Waals surface area contributed by atoms with E-state index < -0.39 is 0 Å². The number of hydrogen-bond donors (Lipinski definition) is 1. The normalized spacial score (nSPS) is 34.6. The van der Waals surface area contributed by atoms with Crippen LogP contribution in [-0.2, 0) is 0 Å². The van der Waals surface area contributed by atoms with Crippen LogP contribution in [0.4, 0.5) is 0 Å². The third kappa shape index (κ3) is 3.50. The second-order valence-electron chi connectivity index (χ2n) is 6.93. The van der Waals surface area contributed by atoms with E-state index >= 15 is 0 Å². The molecule has 0 aromatic heterocycles. The van der Waals surface area contributed by atoms with Crippen molar-refractivity contribution in [2.75, 3.05) is 33.2 Å². The van der Waals surface area contributed by atoms with Gasteiger partial charge in [-0.3, -0.25) is 4.90 Å². The van der Waals surface area contributed by atoms with Crippen LogP contribution in [0.15, 0.2) is 0 Å². The highest BCUT2D eigenvalue weighted by Crippen LogP contribution is 2.28. The Balaban J connectivity index is 1.38. The van der Waals surface area contributed by atoms with Gasteiger partial charge < -0.3 is 10.2 Å². The number of hydrogen-bond acceptors (Lipinski definition) is 3. The maximum absolute atomic E-state index is 3.79. The predicted molar refractivity (Wildman–Crippen MR) is 80.5 cm³/mol. The molecule has 1 aliphatic carbocycles. The molecular formula is C16H31N3. The topological polar surface area (TPSA) is 18.5 Å². The van der Waals surface area contributed by atoms with Gasteiger partial charge in [0.2, 0.25) is 0 Å². The molecule has 3 nitrogen and oxygen atoms in total. The molecule has 2 aliphatic heterocycles. The average Bonchev–Trinajstić information content (AvgIpc) is 2.68. The molecule has 2 unspecified atom stereocenters. The molecule has 0 spiro atoms.